The Morgan fingerprint density at radius 3 is 1.12 bits per heavy atom. The lowest BCUT2D eigenvalue weighted by molar-refractivity contribution is 0.0651. The molecule has 0 radical (unpaired) electrons. The second-order valence-corrected chi connectivity index (χ2v) is 34.8. The molecule has 10 heterocycles. The average Bonchev–Trinajstić information content (AvgIpc) is 1.62. The van der Waals surface area contributed by atoms with Gasteiger partial charge in [-0.15, -0.1) is 0 Å². The molecular weight excluding hydrogens is 1740 g/mol. The number of aromatic nitrogens is 5. The Labute approximate surface area is 788 Å². The number of nitriles is 4. The van der Waals surface area contributed by atoms with Crippen LogP contribution >= 0.6 is 0 Å². The minimum atomic E-state index is -3.22. The van der Waals surface area contributed by atoms with Crippen LogP contribution in [0.1, 0.15) is 107 Å². The number of aldehydes is 1. The van der Waals surface area contributed by atoms with Gasteiger partial charge in [0.1, 0.15) is 66.2 Å². The molecule has 0 aliphatic carbocycles. The molecule has 5 fully saturated rings. The fourth-order valence-electron chi connectivity index (χ4n) is 18.4. The quantitative estimate of drug-likeness (QED) is 0.0449. The molecule has 0 unspecified atom stereocenters. The number of nitrogens with zero attached hydrogens (tertiary/aromatic N) is 14. The highest BCUT2D eigenvalue weighted by atomic mass is 32.2. The number of hydrogen-bond donors (Lipinski definition) is 0. The van der Waals surface area contributed by atoms with E-state index in [0.717, 1.165) is 222 Å². The molecule has 5 aliphatic heterocycles. The highest BCUT2D eigenvalue weighted by molar-refractivity contribution is 7.93. The molecule has 0 N–H and O–H groups in total. The zero-order valence-electron chi connectivity index (χ0n) is 77.4. The van der Waals surface area contributed by atoms with E-state index >= 15 is 0 Å². The molecule has 10 aromatic carbocycles. The summed E-state index contributed by atoms with van der Waals surface area (Å²) >= 11 is 0. The highest BCUT2D eigenvalue weighted by Gasteiger charge is 2.33. The van der Waals surface area contributed by atoms with E-state index in [1.54, 1.807) is 50.2 Å². The van der Waals surface area contributed by atoms with Crippen molar-refractivity contribution in [2.75, 3.05) is 114 Å². The van der Waals surface area contributed by atoms with Crippen LogP contribution < -0.4 is 37.8 Å². The van der Waals surface area contributed by atoms with Gasteiger partial charge in [0.2, 0.25) is 10.0 Å². The molecular formula is C107H102N14O14S. The van der Waals surface area contributed by atoms with Crippen LogP contribution in [0.3, 0.4) is 0 Å². The first kappa shape index (κ1) is 93.0. The first-order chi connectivity index (χ1) is 66.2. The summed E-state index contributed by atoms with van der Waals surface area (Å²) in [5.41, 5.74) is 20.5. The molecule has 5 aromatic heterocycles. The SMILES string of the molecule is CCCn1c(-c2ccc(N3CCCS3(=O)=O)cc2)c(C=O)c2ccc(OC)cc21.CCn1c(-c2ccc(C(=O)N3CC3)cc2)c(C#N)c2cc(OC)ccc21.CCn1c(-c2ccc(C(=O)N3CCC3)cc2)c(C#N)c2cc(OC)ccc21.CCn1c(-c2ccc(N3CCOC3=O)cc2)c(C#N)c2ccc(OC)cc21.CCn1c(-c2cccc(N3CCOC3=O)c2)c(C#N)c2ccc(OC)cc21. The van der Waals surface area contributed by atoms with E-state index in [4.69, 9.17) is 33.2 Å². The number of rotatable bonds is 22. The lowest BCUT2D eigenvalue weighted by atomic mass is 10.0. The van der Waals surface area contributed by atoms with Crippen molar-refractivity contribution in [3.63, 3.8) is 0 Å². The third-order valence-corrected chi connectivity index (χ3v) is 27.2. The number of sulfonamides is 1. The smallest absolute Gasteiger partial charge is 0.414 e. The Kier molecular flexibility index (Phi) is 27.7. The zero-order chi connectivity index (χ0) is 95.8. The first-order valence-electron chi connectivity index (χ1n) is 45.3. The minimum Gasteiger partial charge on any atom is -0.497 e. The first-order valence-corrected chi connectivity index (χ1v) is 46.9. The van der Waals surface area contributed by atoms with Gasteiger partial charge in [0, 0.05) is 144 Å². The standard InChI is InChI=1S/C22H21N3O2.C22H24N2O4S.2C21H19N3O3.C21H19N3O2/c1-3-25-20-10-9-17(27-2)13-18(20)19(14-23)21(25)15-5-7-16(8-6-15)22(26)24-11-4-12-24;1-3-11-23-21-14-18(28-2)9-10-19(21)20(15-25)22(23)16-5-7-17(8-6-16)24-12-4-13-29(24,26)27;1-3-23-19-12-16(26-2)8-9-17(19)18(13-22)20(23)14-4-6-15(7-5-14)24-10-11-27-21(24)25;1-3-23-19-12-16(26-2)7-8-17(19)18(13-22)20(23)14-5-4-6-15(11-14)24-9-10-27-21(24)25;1-3-24-19-9-8-16(26-2)12-17(19)18(13-22)20(24)14-4-6-15(7-5-14)21(25)23-10-11-23/h5-10,13H,3-4,11-12H2,1-2H3;5-10,14-15H,3-4,11-13H2,1-2H3;4-9,12H,3,10-11H2,1-2H3;4-8,11-12H,3,9-10H2,1-2H3;4-9,12H,3,10-11H2,1-2H3. The van der Waals surface area contributed by atoms with Crippen LogP contribution in [-0.4, -0.2) is 172 Å². The number of anilines is 3. The Morgan fingerprint density at radius 2 is 0.750 bits per heavy atom. The average molecular weight is 1840 g/mol. The highest BCUT2D eigenvalue weighted by Crippen LogP contribution is 2.44. The second-order valence-electron chi connectivity index (χ2n) is 32.8. The summed E-state index contributed by atoms with van der Waals surface area (Å²) in [5.74, 6) is 4.05. The van der Waals surface area contributed by atoms with Gasteiger partial charge in [-0.05, 0) is 203 Å². The van der Waals surface area contributed by atoms with Crippen LogP contribution in [0.4, 0.5) is 26.7 Å². The Hall–Kier alpha value is -16.2. The number of methoxy groups -OCH3 is 5. The van der Waals surface area contributed by atoms with E-state index in [0.29, 0.717) is 90.4 Å². The van der Waals surface area contributed by atoms with Crippen molar-refractivity contribution >= 4 is 112 Å². The van der Waals surface area contributed by atoms with Gasteiger partial charge in [-0.25, -0.2) is 18.0 Å². The number of amides is 4. The van der Waals surface area contributed by atoms with Gasteiger partial charge in [-0.3, -0.25) is 28.5 Å². The third kappa shape index (κ3) is 17.9. The maximum atomic E-state index is 12.4. The van der Waals surface area contributed by atoms with Crippen LogP contribution in [0, 0.1) is 45.3 Å². The van der Waals surface area contributed by atoms with Crippen molar-refractivity contribution in [2.45, 2.75) is 86.6 Å². The van der Waals surface area contributed by atoms with Crippen LogP contribution in [0.25, 0.3) is 111 Å². The Balaban J connectivity index is 0.000000123. The normalized spacial score (nSPS) is 13.9. The van der Waals surface area contributed by atoms with Crippen molar-refractivity contribution in [2.24, 2.45) is 0 Å². The van der Waals surface area contributed by atoms with Gasteiger partial charge >= 0.3 is 12.2 Å². The lowest BCUT2D eigenvalue weighted by Crippen LogP contribution is -2.41. The van der Waals surface area contributed by atoms with Gasteiger partial charge in [0.15, 0.2) is 6.29 Å². The Morgan fingerprint density at radius 1 is 0.375 bits per heavy atom. The number of benzene rings is 10. The van der Waals surface area contributed by atoms with Crippen molar-refractivity contribution in [1.29, 1.82) is 21.0 Å². The number of carbonyl (C=O) groups excluding carboxylic acids is 5. The molecule has 136 heavy (non-hydrogen) atoms. The number of hydrogen-bond acceptors (Lipinski definition) is 18. The van der Waals surface area contributed by atoms with Crippen molar-refractivity contribution in [3.05, 3.63) is 251 Å². The summed E-state index contributed by atoms with van der Waals surface area (Å²) in [6, 6.07) is 76.2. The summed E-state index contributed by atoms with van der Waals surface area (Å²) in [4.78, 5) is 67.1. The largest absolute Gasteiger partial charge is 0.497 e. The number of carbonyl (C=O) groups is 5. The Bertz CT molecular complexity index is 7440. The molecule has 0 atom stereocenters. The van der Waals surface area contributed by atoms with Crippen LogP contribution in [0.5, 0.6) is 28.7 Å². The number of ether oxygens (including phenoxy) is 7. The molecule has 28 nitrogen and oxygen atoms in total. The summed E-state index contributed by atoms with van der Waals surface area (Å²) < 4.78 is 73.3. The molecule has 0 saturated carbocycles. The third-order valence-electron chi connectivity index (χ3n) is 25.3. The summed E-state index contributed by atoms with van der Waals surface area (Å²) in [6.45, 7) is 19.7. The number of cyclic esters (lactones) is 2. The van der Waals surface area contributed by atoms with Crippen molar-refractivity contribution < 1.29 is 65.5 Å². The maximum absolute atomic E-state index is 12.4. The number of likely N-dealkylation sites (tertiary alicyclic amines) is 1. The predicted octanol–water partition coefficient (Wildman–Crippen LogP) is 20.1. The van der Waals surface area contributed by atoms with E-state index in [1.807, 2.05) is 224 Å². The topological polar surface area (TPSA) is 320 Å². The van der Waals surface area contributed by atoms with E-state index in [-0.39, 0.29) is 29.8 Å². The molecule has 15 aromatic rings. The van der Waals surface area contributed by atoms with Crippen LogP contribution in [0.2, 0.25) is 0 Å². The van der Waals surface area contributed by atoms with E-state index in [2.05, 4.69) is 74.8 Å². The lowest BCUT2D eigenvalue weighted by Gasteiger charge is -2.30. The summed E-state index contributed by atoms with van der Waals surface area (Å²) in [6.07, 6.45) is 2.87. The number of aryl methyl sites for hydroxylation is 5. The van der Waals surface area contributed by atoms with Crippen LogP contribution in [-0.2, 0) is 52.2 Å². The van der Waals surface area contributed by atoms with Crippen LogP contribution in [0.15, 0.2) is 212 Å². The molecule has 0 bridgehead atoms. The van der Waals surface area contributed by atoms with Gasteiger partial charge in [-0.1, -0.05) is 67.6 Å². The van der Waals surface area contributed by atoms with Gasteiger partial charge < -0.3 is 65.8 Å². The van der Waals surface area contributed by atoms with Crippen molar-refractivity contribution in [1.82, 2.24) is 32.6 Å². The number of fused-ring (bicyclic) bond motifs is 5. The van der Waals surface area contributed by atoms with E-state index in [9.17, 15) is 53.4 Å². The van der Waals surface area contributed by atoms with E-state index in [1.165, 1.54) is 4.31 Å². The summed E-state index contributed by atoms with van der Waals surface area (Å²) in [7, 11) is 4.92. The minimum absolute atomic E-state index is 0.0674. The molecule has 20 rings (SSSR count). The fourth-order valence-corrected chi connectivity index (χ4v) is 20.0. The maximum Gasteiger partial charge on any atom is 0.414 e. The molecule has 0 spiro atoms. The monoisotopic (exact) mass is 1840 g/mol. The second kappa shape index (κ2) is 40.5. The fraction of sp³-hybridized carbons (Fsp3) is 0.262. The molecule has 4 amide bonds. The molecule has 690 valence electrons. The molecule has 5 aliphatic rings. The molecule has 29 heteroatoms. The van der Waals surface area contributed by atoms with Gasteiger partial charge in [0.05, 0.1) is 138 Å². The van der Waals surface area contributed by atoms with Gasteiger partial charge in [-0.2, -0.15) is 21.0 Å². The van der Waals surface area contributed by atoms with Crippen molar-refractivity contribution in [3.8, 4) is 109 Å². The van der Waals surface area contributed by atoms with Gasteiger partial charge in [0.25, 0.3) is 11.8 Å². The van der Waals surface area contributed by atoms with E-state index < -0.39 is 10.0 Å². The molecule has 5 saturated heterocycles. The predicted molar refractivity (Wildman–Crippen MR) is 526 cm³/mol. The summed E-state index contributed by atoms with van der Waals surface area (Å²) in [5, 5.41) is 43.8. The zero-order valence-corrected chi connectivity index (χ0v) is 78.2.